The van der Waals surface area contributed by atoms with Crippen molar-refractivity contribution in [2.75, 3.05) is 0 Å². The summed E-state index contributed by atoms with van der Waals surface area (Å²) < 4.78 is 4.39. The monoisotopic (exact) mass is 124 g/mol. The Bertz CT molecular complexity index is 138. The fourth-order valence-electron chi connectivity index (χ4n) is 0.471. The van der Waals surface area contributed by atoms with Gasteiger partial charge in [0.05, 0.1) is 6.61 Å². The van der Waals surface area contributed by atoms with Crippen molar-refractivity contribution in [2.45, 2.75) is 6.61 Å². The molecule has 0 saturated heterocycles. The molecule has 0 aliphatic carbocycles. The molecular formula is C5H5BOS. The number of rotatable bonds is 2. The summed E-state index contributed by atoms with van der Waals surface area (Å²) in [6.45, 7) is 0.517. The maximum Gasteiger partial charge on any atom is 0.283 e. The van der Waals surface area contributed by atoms with Crippen LogP contribution < -0.4 is 0 Å². The fourth-order valence-corrected chi connectivity index (χ4v) is 1.12. The van der Waals surface area contributed by atoms with Gasteiger partial charge in [-0.25, -0.2) is 0 Å². The second-order valence-electron chi connectivity index (χ2n) is 1.44. The first-order valence-corrected chi connectivity index (χ1v) is 3.20. The van der Waals surface area contributed by atoms with Crippen molar-refractivity contribution in [3.63, 3.8) is 0 Å². The number of thiophene rings is 1. The molecule has 1 nitrogen and oxygen atoms in total. The van der Waals surface area contributed by atoms with Crippen LogP contribution in [-0.4, -0.2) is 8.05 Å². The van der Waals surface area contributed by atoms with Gasteiger partial charge in [0.1, 0.15) is 0 Å². The third-order valence-corrected chi connectivity index (χ3v) is 1.56. The van der Waals surface area contributed by atoms with E-state index in [0.29, 0.717) is 6.61 Å². The van der Waals surface area contributed by atoms with Crippen LogP contribution in [-0.2, 0) is 11.3 Å². The Morgan fingerprint density at radius 3 is 3.12 bits per heavy atom. The van der Waals surface area contributed by atoms with Gasteiger partial charge in [-0.15, -0.1) is 0 Å². The molecule has 0 unspecified atom stereocenters. The third-order valence-electron chi connectivity index (χ3n) is 0.830. The summed E-state index contributed by atoms with van der Waals surface area (Å²) in [6, 6.07) is 1.98. The van der Waals surface area contributed by atoms with E-state index in [4.69, 9.17) is 8.05 Å². The van der Waals surface area contributed by atoms with Crippen molar-refractivity contribution >= 4 is 19.4 Å². The van der Waals surface area contributed by atoms with E-state index >= 15 is 0 Å². The topological polar surface area (TPSA) is 9.23 Å². The van der Waals surface area contributed by atoms with Crippen LogP contribution in [0.5, 0.6) is 0 Å². The standard InChI is InChI=1S/C5H5BOS/c6-7-3-5-1-2-8-4-5/h1-2,4H,3H2. The molecule has 0 aliphatic rings. The number of hydrogen-bond donors (Lipinski definition) is 0. The van der Waals surface area contributed by atoms with E-state index in [2.05, 4.69) is 4.65 Å². The van der Waals surface area contributed by atoms with Crippen molar-refractivity contribution in [1.82, 2.24) is 0 Å². The Morgan fingerprint density at radius 2 is 2.62 bits per heavy atom. The second-order valence-corrected chi connectivity index (χ2v) is 2.22. The van der Waals surface area contributed by atoms with E-state index in [1.54, 1.807) is 11.3 Å². The first-order chi connectivity index (χ1) is 3.93. The average molecular weight is 124 g/mol. The smallest absolute Gasteiger partial charge is 0.283 e. The van der Waals surface area contributed by atoms with Crippen LogP contribution in [0.4, 0.5) is 0 Å². The minimum atomic E-state index is 0.517. The van der Waals surface area contributed by atoms with Crippen molar-refractivity contribution in [3.05, 3.63) is 22.4 Å². The highest BCUT2D eigenvalue weighted by atomic mass is 32.1. The Labute approximate surface area is 53.7 Å². The molecule has 2 radical (unpaired) electrons. The van der Waals surface area contributed by atoms with Gasteiger partial charge in [-0.3, -0.25) is 0 Å². The molecule has 0 saturated carbocycles. The summed E-state index contributed by atoms with van der Waals surface area (Å²) >= 11 is 1.64. The van der Waals surface area contributed by atoms with Crippen LogP contribution in [0.15, 0.2) is 16.8 Å². The van der Waals surface area contributed by atoms with E-state index < -0.39 is 0 Å². The molecule has 0 amide bonds. The molecule has 0 N–H and O–H groups in total. The molecule has 0 fully saturated rings. The van der Waals surface area contributed by atoms with Crippen molar-refractivity contribution < 1.29 is 4.65 Å². The molecule has 1 heterocycles. The van der Waals surface area contributed by atoms with E-state index in [-0.39, 0.29) is 0 Å². The Kier molecular flexibility index (Phi) is 2.12. The Morgan fingerprint density at radius 1 is 1.75 bits per heavy atom. The van der Waals surface area contributed by atoms with E-state index in [9.17, 15) is 0 Å². The lowest BCUT2D eigenvalue weighted by Crippen LogP contribution is -1.82. The zero-order valence-electron chi connectivity index (χ0n) is 4.33. The van der Waals surface area contributed by atoms with Gasteiger partial charge >= 0.3 is 0 Å². The van der Waals surface area contributed by atoms with Crippen LogP contribution in [0.2, 0.25) is 0 Å². The van der Waals surface area contributed by atoms with Crippen LogP contribution in [0, 0.1) is 0 Å². The molecule has 0 aromatic carbocycles. The lowest BCUT2D eigenvalue weighted by molar-refractivity contribution is 0.339. The molecule has 0 spiro atoms. The maximum atomic E-state index is 4.82. The third kappa shape index (κ3) is 1.35. The summed E-state index contributed by atoms with van der Waals surface area (Å²) in [5.41, 5.74) is 1.14. The molecule has 3 heteroatoms. The van der Waals surface area contributed by atoms with E-state index in [1.165, 1.54) is 0 Å². The minimum absolute atomic E-state index is 0.517. The molecule has 0 atom stereocenters. The van der Waals surface area contributed by atoms with E-state index in [0.717, 1.165) is 5.56 Å². The zero-order valence-corrected chi connectivity index (χ0v) is 5.15. The van der Waals surface area contributed by atoms with Gasteiger partial charge in [0.25, 0.3) is 8.05 Å². The van der Waals surface area contributed by atoms with Crippen LogP contribution in [0.3, 0.4) is 0 Å². The summed E-state index contributed by atoms with van der Waals surface area (Å²) in [5.74, 6) is 0. The average Bonchev–Trinajstić information content (AvgIpc) is 2.19. The maximum absolute atomic E-state index is 4.82. The predicted octanol–water partition coefficient (Wildman–Crippen LogP) is 1.35. The molecule has 1 aromatic rings. The summed E-state index contributed by atoms with van der Waals surface area (Å²) in [5, 5.41) is 4.00. The molecule has 8 heavy (non-hydrogen) atoms. The van der Waals surface area contributed by atoms with Crippen molar-refractivity contribution in [2.24, 2.45) is 0 Å². The first kappa shape index (κ1) is 5.85. The lowest BCUT2D eigenvalue weighted by atomic mass is 10.4. The summed E-state index contributed by atoms with van der Waals surface area (Å²) in [4.78, 5) is 0. The highest BCUT2D eigenvalue weighted by Crippen LogP contribution is 2.05. The SMILES string of the molecule is [B]OCc1ccsc1. The lowest BCUT2D eigenvalue weighted by Gasteiger charge is -1.90. The minimum Gasteiger partial charge on any atom is -0.444 e. The van der Waals surface area contributed by atoms with Crippen LogP contribution in [0.1, 0.15) is 5.56 Å². The summed E-state index contributed by atoms with van der Waals surface area (Å²) in [7, 11) is 4.82. The zero-order chi connectivity index (χ0) is 5.82. The molecule has 40 valence electrons. The van der Waals surface area contributed by atoms with Gasteiger partial charge < -0.3 is 4.65 Å². The van der Waals surface area contributed by atoms with Crippen LogP contribution >= 0.6 is 11.3 Å². The quantitative estimate of drug-likeness (QED) is 0.540. The van der Waals surface area contributed by atoms with Gasteiger partial charge in [-0.05, 0) is 22.4 Å². The molecule has 1 aromatic heterocycles. The van der Waals surface area contributed by atoms with Crippen molar-refractivity contribution in [1.29, 1.82) is 0 Å². The van der Waals surface area contributed by atoms with E-state index in [1.807, 2.05) is 16.8 Å². The van der Waals surface area contributed by atoms with Gasteiger partial charge in [-0.1, -0.05) is 0 Å². The molecule has 0 aliphatic heterocycles. The Hall–Kier alpha value is -0.275. The molecular weight excluding hydrogens is 119 g/mol. The molecule has 1 rings (SSSR count). The van der Waals surface area contributed by atoms with Gasteiger partial charge in [-0.2, -0.15) is 11.3 Å². The normalized spacial score (nSPS) is 9.50. The second kappa shape index (κ2) is 2.90. The molecule has 0 bridgehead atoms. The largest absolute Gasteiger partial charge is 0.444 e. The first-order valence-electron chi connectivity index (χ1n) is 2.26. The predicted molar refractivity (Wildman–Crippen MR) is 34.9 cm³/mol. The van der Waals surface area contributed by atoms with Gasteiger partial charge in [0.15, 0.2) is 0 Å². The fraction of sp³-hybridized carbons (Fsp3) is 0.200. The van der Waals surface area contributed by atoms with Crippen LogP contribution in [0.25, 0.3) is 0 Å². The Balaban J connectivity index is 2.50. The van der Waals surface area contributed by atoms with Gasteiger partial charge in [0.2, 0.25) is 0 Å². The summed E-state index contributed by atoms with van der Waals surface area (Å²) in [6.07, 6.45) is 0. The van der Waals surface area contributed by atoms with Gasteiger partial charge in [0, 0.05) is 0 Å². The number of hydrogen-bond acceptors (Lipinski definition) is 2. The highest BCUT2D eigenvalue weighted by Gasteiger charge is 1.86. The van der Waals surface area contributed by atoms with Crippen molar-refractivity contribution in [3.8, 4) is 0 Å². The highest BCUT2D eigenvalue weighted by molar-refractivity contribution is 7.07.